The first-order valence-corrected chi connectivity index (χ1v) is 12.7. The molecule has 2 aliphatic rings. The van der Waals surface area contributed by atoms with Gasteiger partial charge in [-0.3, -0.25) is 0 Å². The van der Waals surface area contributed by atoms with E-state index in [1.165, 1.54) is 0 Å². The molecule has 0 radical (unpaired) electrons. The third-order valence-corrected chi connectivity index (χ3v) is 5.91. The minimum Gasteiger partial charge on any atom is -0.445 e. The SMILES string of the molecule is [N-]=[N+]=NCCCCCCO[C@@H]1O[C@@H]2CO[C@@H](c3ccccc3)O[C@H]2[C@H](O)[C@H]1NC(=O)OCC(Cl)(Cl)Cl. The number of alkyl carbamates (subject to hydrolysis) is 1. The molecule has 2 saturated heterocycles. The lowest BCUT2D eigenvalue weighted by atomic mass is 9.96. The second-order valence-corrected chi connectivity index (χ2v) is 10.8. The number of halogens is 3. The highest BCUT2D eigenvalue weighted by molar-refractivity contribution is 6.67. The lowest BCUT2D eigenvalue weighted by molar-refractivity contribution is -0.344. The summed E-state index contributed by atoms with van der Waals surface area (Å²) in [6, 6.07) is 8.26. The number of fused-ring (bicyclic) bond motifs is 1. The molecule has 1 aromatic rings. The van der Waals surface area contributed by atoms with E-state index < -0.39 is 53.4 Å². The number of azide groups is 1. The van der Waals surface area contributed by atoms with Gasteiger partial charge in [-0.25, -0.2) is 4.79 Å². The summed E-state index contributed by atoms with van der Waals surface area (Å²) >= 11 is 17.0. The molecule has 36 heavy (non-hydrogen) atoms. The largest absolute Gasteiger partial charge is 0.445 e. The number of nitrogens with zero attached hydrogens (tertiary/aromatic N) is 3. The van der Waals surface area contributed by atoms with Crippen molar-refractivity contribution in [2.45, 2.75) is 66.4 Å². The summed E-state index contributed by atoms with van der Waals surface area (Å²) in [4.78, 5) is 15.1. The topological polar surface area (TPSA) is 144 Å². The minimum atomic E-state index is -1.79. The van der Waals surface area contributed by atoms with Gasteiger partial charge in [0, 0.05) is 23.6 Å². The van der Waals surface area contributed by atoms with Crippen LogP contribution >= 0.6 is 34.8 Å². The number of hydrogen-bond donors (Lipinski definition) is 2. The van der Waals surface area contributed by atoms with Gasteiger partial charge in [-0.1, -0.05) is 83.1 Å². The van der Waals surface area contributed by atoms with Gasteiger partial charge < -0.3 is 34.1 Å². The average Bonchev–Trinajstić information content (AvgIpc) is 2.86. The average molecular weight is 568 g/mol. The Morgan fingerprint density at radius 2 is 1.94 bits per heavy atom. The lowest BCUT2D eigenvalue weighted by Gasteiger charge is -2.47. The molecule has 2 N–H and O–H groups in total. The van der Waals surface area contributed by atoms with Gasteiger partial charge in [0.1, 0.15) is 31.0 Å². The van der Waals surface area contributed by atoms with Gasteiger partial charge in [-0.05, 0) is 18.4 Å². The van der Waals surface area contributed by atoms with Crippen LogP contribution in [0, 0.1) is 0 Å². The molecule has 14 heteroatoms. The fourth-order valence-corrected chi connectivity index (χ4v) is 4.04. The predicted molar refractivity (Wildman–Crippen MR) is 132 cm³/mol. The second-order valence-electron chi connectivity index (χ2n) is 8.31. The van der Waals surface area contributed by atoms with Crippen molar-refractivity contribution in [2.24, 2.45) is 5.11 Å². The Kier molecular flexibility index (Phi) is 11.6. The van der Waals surface area contributed by atoms with E-state index in [4.69, 9.17) is 64.0 Å². The summed E-state index contributed by atoms with van der Waals surface area (Å²) in [6.45, 7) is 0.433. The standard InChI is InChI=1S/C22H29Cl3N4O7/c23-22(24,25)13-34-21(31)28-16-17(30)18-15(12-33-19(36-18)14-8-4-3-5-9-14)35-20(16)32-11-7-2-1-6-10-27-29-26/h3-5,8-9,15-20,30H,1-2,6-7,10-13H2,(H,28,31)/t15-,16-,17-,18-,19-,20-/m1/s1. The predicted octanol–water partition coefficient (Wildman–Crippen LogP) is 4.54. The van der Waals surface area contributed by atoms with Gasteiger partial charge in [0.25, 0.3) is 0 Å². The van der Waals surface area contributed by atoms with E-state index in [0.717, 1.165) is 24.8 Å². The molecule has 2 fully saturated rings. The number of rotatable bonds is 11. The zero-order chi connectivity index (χ0) is 26.0. The molecule has 0 saturated carbocycles. The van der Waals surface area contributed by atoms with Crippen LogP contribution in [0.1, 0.15) is 37.5 Å². The summed E-state index contributed by atoms with van der Waals surface area (Å²) in [7, 11) is 0. The van der Waals surface area contributed by atoms with Gasteiger partial charge in [-0.15, -0.1) is 0 Å². The Balaban J connectivity index is 1.61. The molecule has 0 spiro atoms. The number of benzene rings is 1. The van der Waals surface area contributed by atoms with E-state index in [1.807, 2.05) is 30.3 Å². The molecule has 6 atom stereocenters. The van der Waals surface area contributed by atoms with Crippen LogP contribution in [0.2, 0.25) is 0 Å². The molecule has 0 bridgehead atoms. The van der Waals surface area contributed by atoms with Gasteiger partial charge in [-0.2, -0.15) is 0 Å². The van der Waals surface area contributed by atoms with Gasteiger partial charge in [0.05, 0.1) is 6.61 Å². The smallest absolute Gasteiger partial charge is 0.407 e. The van der Waals surface area contributed by atoms with E-state index in [9.17, 15) is 9.90 Å². The van der Waals surface area contributed by atoms with Crippen LogP contribution in [0.25, 0.3) is 10.4 Å². The van der Waals surface area contributed by atoms with Crippen molar-refractivity contribution in [2.75, 3.05) is 26.4 Å². The normalized spacial score (nSPS) is 28.0. The van der Waals surface area contributed by atoms with Crippen LogP contribution in [0.15, 0.2) is 35.4 Å². The van der Waals surface area contributed by atoms with Crippen molar-refractivity contribution in [1.82, 2.24) is 5.32 Å². The molecular weight excluding hydrogens is 539 g/mol. The summed E-state index contributed by atoms with van der Waals surface area (Å²) in [5.41, 5.74) is 9.10. The molecule has 200 valence electrons. The number of hydrogen-bond acceptors (Lipinski definition) is 8. The molecule has 0 aliphatic carbocycles. The second kappa shape index (κ2) is 14.4. The maximum atomic E-state index is 12.4. The van der Waals surface area contributed by atoms with Crippen LogP contribution in [-0.2, 0) is 23.7 Å². The van der Waals surface area contributed by atoms with Gasteiger partial charge in [0.2, 0.25) is 3.79 Å². The van der Waals surface area contributed by atoms with Crippen LogP contribution in [-0.4, -0.2) is 72.0 Å². The number of alkyl halides is 3. The van der Waals surface area contributed by atoms with Crippen LogP contribution < -0.4 is 5.32 Å². The number of amides is 1. The number of aliphatic hydroxyl groups excluding tert-OH is 1. The molecule has 3 rings (SSSR count). The Morgan fingerprint density at radius 3 is 2.67 bits per heavy atom. The number of ether oxygens (including phenoxy) is 5. The highest BCUT2D eigenvalue weighted by Gasteiger charge is 2.50. The Morgan fingerprint density at radius 1 is 1.19 bits per heavy atom. The Hall–Kier alpha value is -1.53. The molecule has 0 aromatic heterocycles. The maximum absolute atomic E-state index is 12.4. The quantitative estimate of drug-likeness (QED) is 0.131. The molecule has 0 unspecified atom stereocenters. The van der Waals surface area contributed by atoms with Crippen molar-refractivity contribution >= 4 is 40.9 Å². The van der Waals surface area contributed by atoms with Gasteiger partial charge in [0.15, 0.2) is 12.6 Å². The summed E-state index contributed by atoms with van der Waals surface area (Å²) in [6.07, 6.45) is -2.04. The molecular formula is C22H29Cl3N4O7. The van der Waals surface area contributed by atoms with E-state index in [2.05, 4.69) is 15.3 Å². The third kappa shape index (κ3) is 9.09. The summed E-state index contributed by atoms with van der Waals surface area (Å²) in [5, 5.41) is 17.2. The van der Waals surface area contributed by atoms with Crippen molar-refractivity contribution in [3.8, 4) is 0 Å². The fraction of sp³-hybridized carbons (Fsp3) is 0.682. The first-order valence-electron chi connectivity index (χ1n) is 11.6. The summed E-state index contributed by atoms with van der Waals surface area (Å²) < 4.78 is 26.9. The Bertz CT molecular complexity index is 873. The van der Waals surface area contributed by atoms with Gasteiger partial charge >= 0.3 is 6.09 Å². The monoisotopic (exact) mass is 566 g/mol. The molecule has 2 heterocycles. The fourth-order valence-electron chi connectivity index (χ4n) is 3.87. The summed E-state index contributed by atoms with van der Waals surface area (Å²) in [5.74, 6) is 0. The Labute approximate surface area is 223 Å². The molecule has 11 nitrogen and oxygen atoms in total. The van der Waals surface area contributed by atoms with Crippen molar-refractivity contribution in [3.05, 3.63) is 46.3 Å². The van der Waals surface area contributed by atoms with E-state index in [-0.39, 0.29) is 6.61 Å². The van der Waals surface area contributed by atoms with Crippen LogP contribution in [0.4, 0.5) is 4.79 Å². The molecule has 1 amide bonds. The van der Waals surface area contributed by atoms with E-state index >= 15 is 0 Å². The number of carbonyl (C=O) groups is 1. The number of aliphatic hydroxyl groups is 1. The number of carbonyl (C=O) groups excluding carboxylic acids is 1. The molecule has 1 aromatic carbocycles. The zero-order valence-electron chi connectivity index (χ0n) is 19.4. The van der Waals surface area contributed by atoms with E-state index in [0.29, 0.717) is 19.6 Å². The minimum absolute atomic E-state index is 0.158. The van der Waals surface area contributed by atoms with Crippen molar-refractivity contribution in [3.63, 3.8) is 0 Å². The first kappa shape index (κ1) is 29.0. The maximum Gasteiger partial charge on any atom is 0.407 e. The number of nitrogens with one attached hydrogen (secondary N) is 1. The van der Waals surface area contributed by atoms with E-state index in [1.54, 1.807) is 0 Å². The van der Waals surface area contributed by atoms with Crippen molar-refractivity contribution in [1.29, 1.82) is 0 Å². The first-order chi connectivity index (χ1) is 17.3. The number of unbranched alkanes of at least 4 members (excludes halogenated alkanes) is 3. The zero-order valence-corrected chi connectivity index (χ0v) is 21.6. The lowest BCUT2D eigenvalue weighted by Crippen LogP contribution is -2.66. The highest BCUT2D eigenvalue weighted by atomic mass is 35.6. The third-order valence-electron chi connectivity index (χ3n) is 5.59. The van der Waals surface area contributed by atoms with Crippen LogP contribution in [0.3, 0.4) is 0 Å². The van der Waals surface area contributed by atoms with Crippen LogP contribution in [0.5, 0.6) is 0 Å². The highest BCUT2D eigenvalue weighted by Crippen LogP contribution is 2.34. The molecule has 2 aliphatic heterocycles. The van der Waals surface area contributed by atoms with Crippen molar-refractivity contribution < 1.29 is 33.6 Å².